The molecule has 2 aliphatic rings. The number of amides is 3. The molecule has 1 saturated carbocycles. The van der Waals surface area contributed by atoms with Gasteiger partial charge in [-0.3, -0.25) is 4.79 Å². The molecular weight excluding hydrogens is 242 g/mol. The third-order valence-corrected chi connectivity index (χ3v) is 4.53. The molecule has 0 unspecified atom stereocenters. The molecule has 0 atom stereocenters. The number of nitrogens with two attached hydrogens (primary N) is 1. The van der Waals surface area contributed by atoms with Gasteiger partial charge in [-0.05, 0) is 25.7 Å². The average molecular weight is 267 g/mol. The van der Waals surface area contributed by atoms with Crippen LogP contribution >= 0.6 is 0 Å². The molecule has 1 saturated heterocycles. The normalized spacial score (nSPS) is 22.3. The zero-order valence-corrected chi connectivity index (χ0v) is 11.8. The first-order valence-electron chi connectivity index (χ1n) is 7.43. The van der Waals surface area contributed by atoms with Crippen molar-refractivity contribution in [3.63, 3.8) is 0 Å². The summed E-state index contributed by atoms with van der Waals surface area (Å²) < 4.78 is 0. The van der Waals surface area contributed by atoms with Crippen LogP contribution < -0.4 is 5.73 Å². The van der Waals surface area contributed by atoms with Crippen LogP contribution in [0.5, 0.6) is 0 Å². The molecule has 19 heavy (non-hydrogen) atoms. The van der Waals surface area contributed by atoms with Crippen molar-refractivity contribution in [2.24, 2.45) is 5.73 Å². The van der Waals surface area contributed by atoms with Crippen molar-refractivity contribution in [2.45, 2.75) is 64.0 Å². The van der Waals surface area contributed by atoms with Crippen molar-refractivity contribution in [1.29, 1.82) is 0 Å². The van der Waals surface area contributed by atoms with E-state index in [9.17, 15) is 9.59 Å². The summed E-state index contributed by atoms with van der Waals surface area (Å²) in [5.74, 6) is 0.127. The van der Waals surface area contributed by atoms with E-state index in [4.69, 9.17) is 5.73 Å². The van der Waals surface area contributed by atoms with Crippen molar-refractivity contribution in [2.75, 3.05) is 13.1 Å². The highest BCUT2D eigenvalue weighted by molar-refractivity contribution is 5.74. The van der Waals surface area contributed by atoms with Crippen LogP contribution in [0, 0.1) is 0 Å². The fraction of sp³-hybridized carbons (Fsp3) is 0.857. The van der Waals surface area contributed by atoms with Crippen molar-refractivity contribution in [3.8, 4) is 0 Å². The van der Waals surface area contributed by atoms with Crippen molar-refractivity contribution in [1.82, 2.24) is 9.80 Å². The summed E-state index contributed by atoms with van der Waals surface area (Å²) in [6.07, 6.45) is 7.54. The number of piperidine rings is 1. The molecular formula is C14H25N3O2. The fourth-order valence-corrected chi connectivity index (χ4v) is 3.48. The van der Waals surface area contributed by atoms with E-state index < -0.39 is 0 Å². The summed E-state index contributed by atoms with van der Waals surface area (Å²) in [7, 11) is 0. The van der Waals surface area contributed by atoms with Crippen LogP contribution in [-0.2, 0) is 4.79 Å². The average Bonchev–Trinajstić information content (AvgIpc) is 2.40. The third kappa shape index (κ3) is 3.39. The highest BCUT2D eigenvalue weighted by Crippen LogP contribution is 2.27. The highest BCUT2D eigenvalue weighted by Gasteiger charge is 2.32. The van der Waals surface area contributed by atoms with E-state index in [2.05, 4.69) is 0 Å². The Labute approximate surface area is 115 Å². The molecule has 0 aromatic rings. The van der Waals surface area contributed by atoms with Crippen LogP contribution in [0.2, 0.25) is 0 Å². The van der Waals surface area contributed by atoms with Crippen molar-refractivity contribution >= 4 is 11.9 Å². The Kier molecular flexibility index (Phi) is 4.66. The van der Waals surface area contributed by atoms with Gasteiger partial charge in [-0.1, -0.05) is 19.3 Å². The SMILES string of the molecule is CC(=O)N1CCC(N(C(N)=O)C2CCCCC2)CC1. The van der Waals surface area contributed by atoms with Crippen LogP contribution in [0.15, 0.2) is 0 Å². The van der Waals surface area contributed by atoms with E-state index in [0.29, 0.717) is 6.04 Å². The maximum atomic E-state index is 11.8. The zero-order valence-electron chi connectivity index (χ0n) is 11.8. The number of primary amides is 1. The van der Waals surface area contributed by atoms with Gasteiger partial charge in [0.15, 0.2) is 0 Å². The first-order valence-corrected chi connectivity index (χ1v) is 7.43. The van der Waals surface area contributed by atoms with Gasteiger partial charge in [0.05, 0.1) is 0 Å². The number of hydrogen-bond acceptors (Lipinski definition) is 2. The highest BCUT2D eigenvalue weighted by atomic mass is 16.2. The van der Waals surface area contributed by atoms with Gasteiger partial charge in [0.25, 0.3) is 0 Å². The molecule has 1 heterocycles. The molecule has 0 spiro atoms. The van der Waals surface area contributed by atoms with Gasteiger partial charge in [0, 0.05) is 32.1 Å². The molecule has 1 aliphatic carbocycles. The van der Waals surface area contributed by atoms with Gasteiger partial charge in [-0.25, -0.2) is 4.79 Å². The van der Waals surface area contributed by atoms with Gasteiger partial charge in [-0.15, -0.1) is 0 Å². The molecule has 108 valence electrons. The van der Waals surface area contributed by atoms with Crippen molar-refractivity contribution < 1.29 is 9.59 Å². The minimum absolute atomic E-state index is 0.127. The van der Waals surface area contributed by atoms with Crippen LogP contribution in [0.4, 0.5) is 4.79 Å². The smallest absolute Gasteiger partial charge is 0.315 e. The summed E-state index contributed by atoms with van der Waals surface area (Å²) in [5.41, 5.74) is 5.60. The van der Waals surface area contributed by atoms with Gasteiger partial charge >= 0.3 is 6.03 Å². The molecule has 0 aromatic carbocycles. The lowest BCUT2D eigenvalue weighted by atomic mass is 9.91. The lowest BCUT2D eigenvalue weighted by molar-refractivity contribution is -0.130. The van der Waals surface area contributed by atoms with E-state index >= 15 is 0 Å². The molecule has 2 fully saturated rings. The van der Waals surface area contributed by atoms with Crippen LogP contribution in [0.25, 0.3) is 0 Å². The first kappa shape index (κ1) is 14.2. The molecule has 2 N–H and O–H groups in total. The minimum atomic E-state index is -0.284. The fourth-order valence-electron chi connectivity index (χ4n) is 3.48. The molecule has 5 heteroatoms. The van der Waals surface area contributed by atoms with E-state index in [-0.39, 0.29) is 18.0 Å². The number of rotatable bonds is 2. The van der Waals surface area contributed by atoms with Crippen LogP contribution in [0.1, 0.15) is 51.9 Å². The zero-order chi connectivity index (χ0) is 13.8. The summed E-state index contributed by atoms with van der Waals surface area (Å²) in [6.45, 7) is 3.10. The second-order valence-corrected chi connectivity index (χ2v) is 5.77. The monoisotopic (exact) mass is 267 g/mol. The molecule has 0 bridgehead atoms. The summed E-state index contributed by atoms with van der Waals surface area (Å²) in [4.78, 5) is 26.9. The van der Waals surface area contributed by atoms with E-state index in [1.54, 1.807) is 6.92 Å². The molecule has 2 rings (SSSR count). The minimum Gasteiger partial charge on any atom is -0.351 e. The number of nitrogens with zero attached hydrogens (tertiary/aromatic N) is 2. The Morgan fingerprint density at radius 2 is 1.53 bits per heavy atom. The number of carbonyl (C=O) groups is 2. The van der Waals surface area contributed by atoms with Gasteiger partial charge in [0.2, 0.25) is 5.91 Å². The molecule has 3 amide bonds. The lowest BCUT2D eigenvalue weighted by Crippen LogP contribution is -2.54. The van der Waals surface area contributed by atoms with Gasteiger partial charge in [0.1, 0.15) is 0 Å². The second-order valence-electron chi connectivity index (χ2n) is 5.77. The Hall–Kier alpha value is -1.26. The largest absolute Gasteiger partial charge is 0.351 e. The molecule has 5 nitrogen and oxygen atoms in total. The summed E-state index contributed by atoms with van der Waals surface area (Å²) in [6, 6.07) is 0.254. The summed E-state index contributed by atoms with van der Waals surface area (Å²) >= 11 is 0. The maximum absolute atomic E-state index is 11.8. The lowest BCUT2D eigenvalue weighted by Gasteiger charge is -2.42. The topological polar surface area (TPSA) is 66.6 Å². The Bertz CT molecular complexity index is 332. The second kappa shape index (κ2) is 6.26. The number of hydrogen-bond donors (Lipinski definition) is 1. The molecule has 0 radical (unpaired) electrons. The van der Waals surface area contributed by atoms with Gasteiger partial charge in [-0.2, -0.15) is 0 Å². The predicted molar refractivity (Wildman–Crippen MR) is 73.6 cm³/mol. The number of urea groups is 1. The van der Waals surface area contributed by atoms with E-state index in [1.165, 1.54) is 19.3 Å². The summed E-state index contributed by atoms with van der Waals surface area (Å²) in [5, 5.41) is 0. The van der Waals surface area contributed by atoms with Crippen molar-refractivity contribution in [3.05, 3.63) is 0 Å². The Morgan fingerprint density at radius 1 is 1.00 bits per heavy atom. The third-order valence-electron chi connectivity index (χ3n) is 4.53. The maximum Gasteiger partial charge on any atom is 0.315 e. The van der Waals surface area contributed by atoms with Gasteiger partial charge < -0.3 is 15.5 Å². The van der Waals surface area contributed by atoms with E-state index in [0.717, 1.165) is 38.8 Å². The van der Waals surface area contributed by atoms with E-state index in [1.807, 2.05) is 9.80 Å². The number of carbonyl (C=O) groups excluding carboxylic acids is 2. The van der Waals surface area contributed by atoms with Crippen LogP contribution in [0.3, 0.4) is 0 Å². The number of likely N-dealkylation sites (tertiary alicyclic amines) is 1. The predicted octanol–water partition coefficient (Wildman–Crippen LogP) is 1.71. The van der Waals surface area contributed by atoms with Crippen LogP contribution in [-0.4, -0.2) is 46.9 Å². The Morgan fingerprint density at radius 3 is 2.00 bits per heavy atom. The quantitative estimate of drug-likeness (QED) is 0.827. The standard InChI is InChI=1S/C14H25N3O2/c1-11(18)16-9-7-13(8-10-16)17(14(15)19)12-5-3-2-4-6-12/h12-13H,2-10H2,1H3,(H2,15,19). The molecule has 0 aromatic heterocycles. The molecule has 1 aliphatic heterocycles. The first-order chi connectivity index (χ1) is 9.09. The Balaban J connectivity index is 1.96.